The van der Waals surface area contributed by atoms with Crippen LogP contribution in [0.25, 0.3) is 0 Å². The number of amides is 1. The molecule has 1 aliphatic heterocycles. The quantitative estimate of drug-likeness (QED) is 0.652. The van der Waals surface area contributed by atoms with E-state index in [2.05, 4.69) is 27.6 Å². The molecule has 1 amide bonds. The molecule has 0 spiro atoms. The number of nitrogens with one attached hydrogen (secondary N) is 3. The van der Waals surface area contributed by atoms with Crippen LogP contribution in [0.4, 0.5) is 11.5 Å². The molecule has 2 heterocycles. The Kier molecular flexibility index (Phi) is 6.31. The fourth-order valence-corrected chi connectivity index (χ4v) is 3.39. The van der Waals surface area contributed by atoms with Gasteiger partial charge in [0, 0.05) is 29.2 Å². The standard InChI is InChI=1S/C19H21Cl2N5O/c1-26-8-6-14(7-9-26)24-18-15(10-22)17(21)16(11-23-18)19(27)25-13-4-2-12(20)3-5-13/h2-5,10-11,14,22H,6-9H2,1H3,(H,23,24)(H,25,27). The molecule has 1 aliphatic rings. The molecule has 27 heavy (non-hydrogen) atoms. The molecule has 1 saturated heterocycles. The van der Waals surface area contributed by atoms with E-state index < -0.39 is 0 Å². The Morgan fingerprint density at radius 3 is 2.56 bits per heavy atom. The number of hydrogen-bond acceptors (Lipinski definition) is 5. The molecule has 0 radical (unpaired) electrons. The maximum absolute atomic E-state index is 12.6. The molecule has 0 unspecified atom stereocenters. The number of hydrogen-bond donors (Lipinski definition) is 3. The number of carbonyl (C=O) groups excluding carboxylic acids is 1. The van der Waals surface area contributed by atoms with Gasteiger partial charge in [0.25, 0.3) is 5.91 Å². The van der Waals surface area contributed by atoms with Crippen molar-refractivity contribution in [1.29, 1.82) is 5.41 Å². The number of benzene rings is 1. The van der Waals surface area contributed by atoms with Gasteiger partial charge < -0.3 is 20.9 Å². The highest BCUT2D eigenvalue weighted by molar-refractivity contribution is 6.37. The van der Waals surface area contributed by atoms with Crippen molar-refractivity contribution in [3.8, 4) is 0 Å². The van der Waals surface area contributed by atoms with Crippen LogP contribution in [0.1, 0.15) is 28.8 Å². The Morgan fingerprint density at radius 1 is 1.26 bits per heavy atom. The van der Waals surface area contributed by atoms with E-state index in [1.54, 1.807) is 24.3 Å². The molecule has 1 fully saturated rings. The SMILES string of the molecule is CN1CCC(Nc2ncc(C(=O)Nc3ccc(Cl)cc3)c(Cl)c2C=N)CC1. The van der Waals surface area contributed by atoms with E-state index in [0.29, 0.717) is 22.1 Å². The van der Waals surface area contributed by atoms with Crippen molar-refractivity contribution >= 4 is 46.8 Å². The third kappa shape index (κ3) is 4.77. The highest BCUT2D eigenvalue weighted by Crippen LogP contribution is 2.27. The molecule has 3 N–H and O–H groups in total. The van der Waals surface area contributed by atoms with Crippen molar-refractivity contribution in [3.05, 3.63) is 51.6 Å². The highest BCUT2D eigenvalue weighted by Gasteiger charge is 2.21. The van der Waals surface area contributed by atoms with E-state index in [-0.39, 0.29) is 22.5 Å². The maximum Gasteiger partial charge on any atom is 0.258 e. The number of nitrogens with zero attached hydrogens (tertiary/aromatic N) is 2. The molecule has 0 saturated carbocycles. The molecule has 0 bridgehead atoms. The third-order valence-electron chi connectivity index (χ3n) is 4.60. The number of piperidine rings is 1. The van der Waals surface area contributed by atoms with E-state index >= 15 is 0 Å². The number of halogens is 2. The van der Waals surface area contributed by atoms with Crippen LogP contribution >= 0.6 is 23.2 Å². The number of rotatable bonds is 5. The van der Waals surface area contributed by atoms with Crippen molar-refractivity contribution in [2.75, 3.05) is 30.8 Å². The summed E-state index contributed by atoms with van der Waals surface area (Å²) >= 11 is 12.3. The molecule has 142 valence electrons. The van der Waals surface area contributed by atoms with Gasteiger partial charge in [-0.1, -0.05) is 23.2 Å². The minimum atomic E-state index is -0.385. The van der Waals surface area contributed by atoms with Gasteiger partial charge in [0.1, 0.15) is 5.82 Å². The van der Waals surface area contributed by atoms with Gasteiger partial charge in [0.15, 0.2) is 0 Å². The van der Waals surface area contributed by atoms with Gasteiger partial charge in [-0.25, -0.2) is 4.98 Å². The summed E-state index contributed by atoms with van der Waals surface area (Å²) in [5.41, 5.74) is 1.24. The smallest absolute Gasteiger partial charge is 0.258 e. The number of aromatic nitrogens is 1. The van der Waals surface area contributed by atoms with E-state index in [1.807, 2.05) is 0 Å². The predicted molar refractivity (Wildman–Crippen MR) is 111 cm³/mol. The van der Waals surface area contributed by atoms with Crippen LogP contribution in [0, 0.1) is 5.41 Å². The van der Waals surface area contributed by atoms with Gasteiger partial charge in [-0.2, -0.15) is 0 Å². The van der Waals surface area contributed by atoms with Crippen LogP contribution < -0.4 is 10.6 Å². The Bertz CT molecular complexity index is 833. The summed E-state index contributed by atoms with van der Waals surface area (Å²) in [6.07, 6.45) is 4.56. The minimum absolute atomic E-state index is 0.210. The van der Waals surface area contributed by atoms with Crippen molar-refractivity contribution < 1.29 is 4.79 Å². The van der Waals surface area contributed by atoms with Gasteiger partial charge in [0.05, 0.1) is 16.1 Å². The molecule has 6 nitrogen and oxygen atoms in total. The fraction of sp³-hybridized carbons (Fsp3) is 0.316. The molecule has 2 aromatic rings. The lowest BCUT2D eigenvalue weighted by Crippen LogP contribution is -2.37. The van der Waals surface area contributed by atoms with Gasteiger partial charge in [0.2, 0.25) is 0 Å². The summed E-state index contributed by atoms with van der Waals surface area (Å²) in [4.78, 5) is 19.2. The van der Waals surface area contributed by atoms with Crippen molar-refractivity contribution in [2.45, 2.75) is 18.9 Å². The molecule has 0 atom stereocenters. The largest absolute Gasteiger partial charge is 0.367 e. The summed E-state index contributed by atoms with van der Waals surface area (Å²) in [6.45, 7) is 2.01. The summed E-state index contributed by atoms with van der Waals surface area (Å²) < 4.78 is 0. The first-order valence-corrected chi connectivity index (χ1v) is 9.44. The average Bonchev–Trinajstić information content (AvgIpc) is 2.65. The zero-order valence-electron chi connectivity index (χ0n) is 14.9. The maximum atomic E-state index is 12.6. The van der Waals surface area contributed by atoms with Crippen LogP contribution in [0.5, 0.6) is 0 Å². The molecule has 0 aliphatic carbocycles. The second-order valence-electron chi connectivity index (χ2n) is 6.58. The van der Waals surface area contributed by atoms with Crippen LogP contribution in [0.2, 0.25) is 10.0 Å². The first kappa shape index (κ1) is 19.6. The zero-order chi connectivity index (χ0) is 19.4. The Hall–Kier alpha value is -2.15. The Morgan fingerprint density at radius 2 is 1.93 bits per heavy atom. The molecular weight excluding hydrogens is 385 g/mol. The first-order chi connectivity index (χ1) is 13.0. The lowest BCUT2D eigenvalue weighted by atomic mass is 10.0. The van der Waals surface area contributed by atoms with Gasteiger partial charge in [-0.3, -0.25) is 4.79 Å². The monoisotopic (exact) mass is 405 g/mol. The van der Waals surface area contributed by atoms with E-state index in [9.17, 15) is 4.79 Å². The normalized spacial score (nSPS) is 15.4. The topological polar surface area (TPSA) is 81.1 Å². The van der Waals surface area contributed by atoms with E-state index in [0.717, 1.165) is 32.1 Å². The van der Waals surface area contributed by atoms with E-state index in [4.69, 9.17) is 28.6 Å². The molecule has 1 aromatic heterocycles. The van der Waals surface area contributed by atoms with Crippen molar-refractivity contribution in [2.24, 2.45) is 0 Å². The lowest BCUT2D eigenvalue weighted by molar-refractivity contribution is 0.102. The number of carbonyl (C=O) groups is 1. The predicted octanol–water partition coefficient (Wildman–Crippen LogP) is 4.14. The van der Waals surface area contributed by atoms with Crippen LogP contribution in [-0.4, -0.2) is 48.2 Å². The number of anilines is 2. The van der Waals surface area contributed by atoms with Crippen LogP contribution in [0.3, 0.4) is 0 Å². The zero-order valence-corrected chi connectivity index (χ0v) is 16.4. The molecule has 8 heteroatoms. The Labute approximate surface area is 168 Å². The Balaban J connectivity index is 1.78. The number of likely N-dealkylation sites (tertiary alicyclic amines) is 1. The summed E-state index contributed by atoms with van der Waals surface area (Å²) in [7, 11) is 2.10. The summed E-state index contributed by atoms with van der Waals surface area (Å²) in [5.74, 6) is 0.149. The van der Waals surface area contributed by atoms with Crippen LogP contribution in [-0.2, 0) is 0 Å². The summed E-state index contributed by atoms with van der Waals surface area (Å²) in [5, 5.41) is 14.6. The van der Waals surface area contributed by atoms with Crippen LogP contribution in [0.15, 0.2) is 30.5 Å². The second kappa shape index (κ2) is 8.69. The molecule has 3 rings (SSSR count). The third-order valence-corrected chi connectivity index (χ3v) is 5.26. The van der Waals surface area contributed by atoms with Gasteiger partial charge in [-0.05, 0) is 57.2 Å². The molecular formula is C19H21Cl2N5O. The molecule has 1 aromatic carbocycles. The second-order valence-corrected chi connectivity index (χ2v) is 7.39. The van der Waals surface area contributed by atoms with E-state index in [1.165, 1.54) is 6.20 Å². The summed E-state index contributed by atoms with van der Waals surface area (Å²) in [6, 6.07) is 7.06. The fourth-order valence-electron chi connectivity index (χ4n) is 2.99. The van der Waals surface area contributed by atoms with Crippen molar-refractivity contribution in [3.63, 3.8) is 0 Å². The lowest BCUT2D eigenvalue weighted by Gasteiger charge is -2.30. The highest BCUT2D eigenvalue weighted by atomic mass is 35.5. The number of pyridine rings is 1. The van der Waals surface area contributed by atoms with Gasteiger partial charge in [-0.15, -0.1) is 0 Å². The van der Waals surface area contributed by atoms with Crippen molar-refractivity contribution in [1.82, 2.24) is 9.88 Å². The van der Waals surface area contributed by atoms with Gasteiger partial charge >= 0.3 is 0 Å². The minimum Gasteiger partial charge on any atom is -0.367 e. The first-order valence-electron chi connectivity index (χ1n) is 8.69. The average molecular weight is 406 g/mol.